The molecule has 1 unspecified atom stereocenters. The van der Waals surface area contributed by atoms with Crippen LogP contribution in [0.2, 0.25) is 0 Å². The van der Waals surface area contributed by atoms with Gasteiger partial charge >= 0.3 is 5.97 Å². The lowest BCUT2D eigenvalue weighted by Gasteiger charge is -2.05. The average molecular weight is 207 g/mol. The summed E-state index contributed by atoms with van der Waals surface area (Å²) in [6.45, 7) is 3.86. The number of rotatable bonds is 4. The topological polar surface area (TPSA) is 83.5 Å². The van der Waals surface area contributed by atoms with Gasteiger partial charge in [0, 0.05) is 6.04 Å². The summed E-state index contributed by atoms with van der Waals surface area (Å²) in [6, 6.07) is -0.100. The van der Waals surface area contributed by atoms with Crippen LogP contribution in [0.1, 0.15) is 20.3 Å². The first kappa shape index (κ1) is 10.5. The summed E-state index contributed by atoms with van der Waals surface area (Å²) >= 11 is 0. The Morgan fingerprint density at radius 2 is 2.08 bits per heavy atom. The molecule has 1 rings (SSSR count). The maximum absolute atomic E-state index is 11.1. The molecule has 0 aromatic heterocycles. The second kappa shape index (κ2) is 2.95. The van der Waals surface area contributed by atoms with Crippen molar-refractivity contribution >= 4 is 16.0 Å². The Hall–Kier alpha value is -0.620. The Kier molecular flexibility index (Phi) is 2.38. The van der Waals surface area contributed by atoms with Crippen LogP contribution in [0.25, 0.3) is 0 Å². The number of aliphatic carboxylic acids is 1. The minimum atomic E-state index is -3.64. The van der Waals surface area contributed by atoms with Gasteiger partial charge in [0.25, 0.3) is 0 Å². The standard InChI is InChI=1S/C7H13NO4S/c1-7(2)3-5(7)8-13(11,12)4-6(9)10/h5,8H,3-4H2,1-2H3,(H,9,10). The van der Waals surface area contributed by atoms with Crippen LogP contribution in [0.4, 0.5) is 0 Å². The molecule has 5 nitrogen and oxygen atoms in total. The molecule has 0 saturated heterocycles. The van der Waals surface area contributed by atoms with Crippen molar-refractivity contribution in [2.24, 2.45) is 5.41 Å². The molecule has 1 saturated carbocycles. The third-order valence-corrected chi connectivity index (χ3v) is 3.42. The van der Waals surface area contributed by atoms with E-state index in [9.17, 15) is 13.2 Å². The fraction of sp³-hybridized carbons (Fsp3) is 0.857. The first-order valence-corrected chi connectivity index (χ1v) is 5.60. The average Bonchev–Trinajstić information content (AvgIpc) is 2.32. The maximum Gasteiger partial charge on any atom is 0.320 e. The summed E-state index contributed by atoms with van der Waals surface area (Å²) in [4.78, 5) is 10.2. The normalized spacial score (nSPS) is 25.5. The molecule has 0 heterocycles. The largest absolute Gasteiger partial charge is 0.480 e. The van der Waals surface area contributed by atoms with E-state index in [2.05, 4.69) is 4.72 Å². The van der Waals surface area contributed by atoms with Crippen molar-refractivity contribution in [2.75, 3.05) is 5.75 Å². The Labute approximate surface area is 77.2 Å². The summed E-state index contributed by atoms with van der Waals surface area (Å²) in [5.74, 6) is -2.18. The predicted molar refractivity (Wildman–Crippen MR) is 46.7 cm³/mol. The van der Waals surface area contributed by atoms with Gasteiger partial charge in [-0.25, -0.2) is 13.1 Å². The van der Waals surface area contributed by atoms with Gasteiger partial charge in [-0.05, 0) is 11.8 Å². The smallest absolute Gasteiger partial charge is 0.320 e. The van der Waals surface area contributed by atoms with Crippen molar-refractivity contribution in [1.29, 1.82) is 0 Å². The Balaban J connectivity index is 2.50. The SMILES string of the molecule is CC1(C)CC1NS(=O)(=O)CC(=O)O. The number of nitrogens with one attached hydrogen (secondary N) is 1. The number of carboxylic acids is 1. The molecule has 1 atom stereocenters. The molecule has 0 radical (unpaired) electrons. The highest BCUT2D eigenvalue weighted by Gasteiger charge is 2.47. The van der Waals surface area contributed by atoms with Gasteiger partial charge in [0.2, 0.25) is 10.0 Å². The van der Waals surface area contributed by atoms with Crippen LogP contribution in [0.15, 0.2) is 0 Å². The number of hydrogen-bond donors (Lipinski definition) is 2. The minimum absolute atomic E-state index is 0.0222. The zero-order chi connectivity index (χ0) is 10.3. The Bertz CT molecular complexity index is 319. The molecule has 6 heteroatoms. The number of carboxylic acid groups (broad SMARTS) is 1. The zero-order valence-electron chi connectivity index (χ0n) is 7.57. The van der Waals surface area contributed by atoms with Crippen LogP contribution >= 0.6 is 0 Å². The zero-order valence-corrected chi connectivity index (χ0v) is 8.39. The van der Waals surface area contributed by atoms with Crippen molar-refractivity contribution in [1.82, 2.24) is 4.72 Å². The van der Waals surface area contributed by atoms with Gasteiger partial charge in [-0.1, -0.05) is 13.8 Å². The monoisotopic (exact) mass is 207 g/mol. The highest BCUT2D eigenvalue weighted by Crippen LogP contribution is 2.44. The highest BCUT2D eigenvalue weighted by atomic mass is 32.2. The predicted octanol–water partition coefficient (Wildman–Crippen LogP) is -0.211. The van der Waals surface area contributed by atoms with E-state index >= 15 is 0 Å². The molecule has 13 heavy (non-hydrogen) atoms. The molecule has 2 N–H and O–H groups in total. The number of carbonyl (C=O) groups is 1. The van der Waals surface area contributed by atoms with E-state index in [1.807, 2.05) is 13.8 Å². The Morgan fingerprint density at radius 1 is 1.62 bits per heavy atom. The van der Waals surface area contributed by atoms with Gasteiger partial charge in [-0.3, -0.25) is 4.79 Å². The summed E-state index contributed by atoms with van der Waals surface area (Å²) in [6.07, 6.45) is 0.770. The van der Waals surface area contributed by atoms with Crippen molar-refractivity contribution in [3.8, 4) is 0 Å². The van der Waals surface area contributed by atoms with Gasteiger partial charge in [-0.2, -0.15) is 0 Å². The van der Waals surface area contributed by atoms with Gasteiger partial charge in [-0.15, -0.1) is 0 Å². The van der Waals surface area contributed by atoms with Crippen LogP contribution in [0.5, 0.6) is 0 Å². The summed E-state index contributed by atoms with van der Waals surface area (Å²) in [5, 5.41) is 8.29. The first-order valence-electron chi connectivity index (χ1n) is 3.95. The number of hydrogen-bond acceptors (Lipinski definition) is 3. The molecule has 1 fully saturated rings. The van der Waals surface area contributed by atoms with E-state index in [0.29, 0.717) is 0 Å². The van der Waals surface area contributed by atoms with Crippen molar-refractivity contribution < 1.29 is 18.3 Å². The molecular formula is C7H13NO4S. The van der Waals surface area contributed by atoms with Gasteiger partial charge < -0.3 is 5.11 Å². The molecule has 76 valence electrons. The van der Waals surface area contributed by atoms with Crippen LogP contribution in [-0.2, 0) is 14.8 Å². The maximum atomic E-state index is 11.1. The van der Waals surface area contributed by atoms with E-state index in [-0.39, 0.29) is 11.5 Å². The van der Waals surface area contributed by atoms with Gasteiger partial charge in [0.1, 0.15) is 0 Å². The second-order valence-corrected chi connectivity index (χ2v) is 5.77. The Morgan fingerprint density at radius 3 is 2.38 bits per heavy atom. The van der Waals surface area contributed by atoms with Crippen LogP contribution in [0, 0.1) is 5.41 Å². The highest BCUT2D eigenvalue weighted by molar-refractivity contribution is 7.90. The molecule has 1 aliphatic rings. The van der Waals surface area contributed by atoms with Gasteiger partial charge in [0.05, 0.1) is 0 Å². The molecule has 0 amide bonds. The van der Waals surface area contributed by atoms with E-state index in [0.717, 1.165) is 6.42 Å². The van der Waals surface area contributed by atoms with Crippen molar-refractivity contribution in [3.63, 3.8) is 0 Å². The van der Waals surface area contributed by atoms with Gasteiger partial charge in [0.15, 0.2) is 5.75 Å². The third kappa shape index (κ3) is 2.96. The van der Waals surface area contributed by atoms with E-state index < -0.39 is 21.7 Å². The molecule has 0 aromatic rings. The quantitative estimate of drug-likeness (QED) is 0.668. The molecular weight excluding hydrogens is 194 g/mol. The molecule has 0 aromatic carbocycles. The van der Waals surface area contributed by atoms with Crippen molar-refractivity contribution in [3.05, 3.63) is 0 Å². The molecule has 0 bridgehead atoms. The van der Waals surface area contributed by atoms with E-state index in [1.165, 1.54) is 0 Å². The van der Waals surface area contributed by atoms with E-state index in [1.54, 1.807) is 0 Å². The fourth-order valence-corrected chi connectivity index (χ4v) is 2.33. The van der Waals surface area contributed by atoms with Crippen LogP contribution < -0.4 is 4.72 Å². The minimum Gasteiger partial charge on any atom is -0.480 e. The van der Waals surface area contributed by atoms with Crippen molar-refractivity contribution in [2.45, 2.75) is 26.3 Å². The lowest BCUT2D eigenvalue weighted by Crippen LogP contribution is -2.33. The number of sulfonamides is 1. The molecule has 0 aliphatic heterocycles. The lowest BCUT2D eigenvalue weighted by molar-refractivity contribution is -0.134. The second-order valence-electron chi connectivity index (χ2n) is 4.02. The molecule has 0 spiro atoms. The fourth-order valence-electron chi connectivity index (χ4n) is 1.09. The summed E-state index contributed by atoms with van der Waals surface area (Å²) < 4.78 is 24.5. The third-order valence-electron chi connectivity index (χ3n) is 2.15. The first-order chi connectivity index (χ1) is 5.73. The van der Waals surface area contributed by atoms with E-state index in [4.69, 9.17) is 5.11 Å². The molecule has 1 aliphatic carbocycles. The van der Waals surface area contributed by atoms with Crippen LogP contribution in [0.3, 0.4) is 0 Å². The van der Waals surface area contributed by atoms with Crippen LogP contribution in [-0.4, -0.2) is 31.3 Å². The lowest BCUT2D eigenvalue weighted by atomic mass is 10.2. The summed E-state index contributed by atoms with van der Waals surface area (Å²) in [7, 11) is -3.64. The summed E-state index contributed by atoms with van der Waals surface area (Å²) in [5.41, 5.74) is -0.0222.